The SMILES string of the molecule is O=C(Nc1nc(-c2ccccc2)cs1)[C@H]1C[C@@H]2CC[C@H]1C2. The van der Waals surface area contributed by atoms with Crippen molar-refractivity contribution in [2.24, 2.45) is 17.8 Å². The lowest BCUT2D eigenvalue weighted by Gasteiger charge is -2.19. The topological polar surface area (TPSA) is 42.0 Å². The van der Waals surface area contributed by atoms with E-state index in [0.717, 1.165) is 28.7 Å². The zero-order chi connectivity index (χ0) is 14.2. The Morgan fingerprint density at radius 3 is 2.76 bits per heavy atom. The van der Waals surface area contributed by atoms with Gasteiger partial charge in [-0.05, 0) is 31.1 Å². The maximum absolute atomic E-state index is 12.4. The Kier molecular flexibility index (Phi) is 3.26. The van der Waals surface area contributed by atoms with Crippen LogP contribution in [0.3, 0.4) is 0 Å². The molecule has 3 atom stereocenters. The summed E-state index contributed by atoms with van der Waals surface area (Å²) in [6.45, 7) is 0. The van der Waals surface area contributed by atoms with Crippen LogP contribution in [0.5, 0.6) is 0 Å². The maximum Gasteiger partial charge on any atom is 0.229 e. The van der Waals surface area contributed by atoms with Gasteiger partial charge in [0.05, 0.1) is 5.69 Å². The van der Waals surface area contributed by atoms with Crippen LogP contribution in [0.25, 0.3) is 11.3 Å². The van der Waals surface area contributed by atoms with E-state index in [2.05, 4.69) is 10.3 Å². The van der Waals surface area contributed by atoms with E-state index in [0.29, 0.717) is 5.92 Å². The van der Waals surface area contributed by atoms with Gasteiger partial charge >= 0.3 is 0 Å². The molecule has 2 fully saturated rings. The molecule has 3 nitrogen and oxygen atoms in total. The Morgan fingerprint density at radius 2 is 2.05 bits per heavy atom. The number of nitrogens with zero attached hydrogens (tertiary/aromatic N) is 1. The van der Waals surface area contributed by atoms with Crippen LogP contribution in [0.1, 0.15) is 25.7 Å². The van der Waals surface area contributed by atoms with Crippen molar-refractivity contribution in [3.05, 3.63) is 35.7 Å². The van der Waals surface area contributed by atoms with Crippen LogP contribution < -0.4 is 5.32 Å². The summed E-state index contributed by atoms with van der Waals surface area (Å²) in [4.78, 5) is 16.9. The normalized spacial score (nSPS) is 27.0. The Balaban J connectivity index is 1.46. The number of nitrogens with one attached hydrogen (secondary N) is 1. The maximum atomic E-state index is 12.4. The van der Waals surface area contributed by atoms with Crippen LogP contribution in [-0.2, 0) is 4.79 Å². The van der Waals surface area contributed by atoms with Crippen LogP contribution in [0.15, 0.2) is 35.7 Å². The monoisotopic (exact) mass is 298 g/mol. The summed E-state index contributed by atoms with van der Waals surface area (Å²) in [5.41, 5.74) is 2.03. The second kappa shape index (κ2) is 5.26. The fraction of sp³-hybridized carbons (Fsp3) is 0.412. The average molecular weight is 298 g/mol. The van der Waals surface area contributed by atoms with Gasteiger partial charge in [-0.3, -0.25) is 4.79 Å². The zero-order valence-electron chi connectivity index (χ0n) is 11.8. The quantitative estimate of drug-likeness (QED) is 0.923. The number of thiazole rings is 1. The lowest BCUT2D eigenvalue weighted by molar-refractivity contribution is -0.121. The first-order valence-electron chi connectivity index (χ1n) is 7.61. The molecule has 2 aromatic rings. The van der Waals surface area contributed by atoms with E-state index in [9.17, 15) is 4.79 Å². The Bertz CT molecular complexity index is 652. The van der Waals surface area contributed by atoms with Crippen molar-refractivity contribution in [3.8, 4) is 11.3 Å². The molecule has 4 heteroatoms. The fourth-order valence-electron chi connectivity index (χ4n) is 3.84. The molecule has 2 aliphatic carbocycles. The molecule has 2 saturated carbocycles. The highest BCUT2D eigenvalue weighted by molar-refractivity contribution is 7.14. The molecule has 2 bridgehead atoms. The van der Waals surface area contributed by atoms with Gasteiger partial charge in [-0.15, -0.1) is 11.3 Å². The number of carbonyl (C=O) groups is 1. The summed E-state index contributed by atoms with van der Waals surface area (Å²) >= 11 is 1.51. The van der Waals surface area contributed by atoms with Crippen LogP contribution in [-0.4, -0.2) is 10.9 Å². The molecule has 1 aromatic carbocycles. The Labute approximate surface area is 128 Å². The lowest BCUT2D eigenvalue weighted by atomic mass is 9.88. The highest BCUT2D eigenvalue weighted by Crippen LogP contribution is 2.48. The molecule has 1 N–H and O–H groups in total. The minimum absolute atomic E-state index is 0.177. The van der Waals surface area contributed by atoms with Gasteiger partial charge in [0.1, 0.15) is 0 Å². The number of carbonyl (C=O) groups excluding carboxylic acids is 1. The first-order chi connectivity index (χ1) is 10.3. The highest BCUT2D eigenvalue weighted by atomic mass is 32.1. The van der Waals surface area contributed by atoms with E-state index in [-0.39, 0.29) is 11.8 Å². The third-order valence-corrected chi connectivity index (χ3v) is 5.64. The first kappa shape index (κ1) is 13.0. The summed E-state index contributed by atoms with van der Waals surface area (Å²) in [6, 6.07) is 10.1. The number of fused-ring (bicyclic) bond motifs is 2. The lowest BCUT2D eigenvalue weighted by Crippen LogP contribution is -2.27. The van der Waals surface area contributed by atoms with Gasteiger partial charge in [0, 0.05) is 16.9 Å². The number of hydrogen-bond acceptors (Lipinski definition) is 3. The molecule has 1 heterocycles. The number of amides is 1. The minimum Gasteiger partial charge on any atom is -0.302 e. The predicted molar refractivity (Wildman–Crippen MR) is 85.1 cm³/mol. The van der Waals surface area contributed by atoms with Crippen molar-refractivity contribution in [1.29, 1.82) is 0 Å². The van der Waals surface area contributed by atoms with Crippen LogP contribution in [0.2, 0.25) is 0 Å². The molecular weight excluding hydrogens is 280 g/mol. The van der Waals surface area contributed by atoms with Gasteiger partial charge < -0.3 is 5.32 Å². The zero-order valence-corrected chi connectivity index (χ0v) is 12.6. The molecule has 1 amide bonds. The molecule has 4 rings (SSSR count). The number of rotatable bonds is 3. The number of aromatic nitrogens is 1. The van der Waals surface area contributed by atoms with Crippen molar-refractivity contribution in [2.75, 3.05) is 5.32 Å². The summed E-state index contributed by atoms with van der Waals surface area (Å²) in [6.07, 6.45) is 4.89. The highest BCUT2D eigenvalue weighted by Gasteiger charge is 2.43. The number of hydrogen-bond donors (Lipinski definition) is 1. The van der Waals surface area contributed by atoms with Gasteiger partial charge in [-0.2, -0.15) is 0 Å². The van der Waals surface area contributed by atoms with Crippen LogP contribution >= 0.6 is 11.3 Å². The van der Waals surface area contributed by atoms with E-state index in [4.69, 9.17) is 0 Å². The summed E-state index contributed by atoms with van der Waals surface area (Å²) in [5, 5.41) is 5.76. The predicted octanol–water partition coefficient (Wildman–Crippen LogP) is 4.18. The molecule has 0 radical (unpaired) electrons. The van der Waals surface area contributed by atoms with Crippen molar-refractivity contribution in [2.45, 2.75) is 25.7 Å². The average Bonchev–Trinajstić information content (AvgIpc) is 3.24. The van der Waals surface area contributed by atoms with Crippen molar-refractivity contribution in [1.82, 2.24) is 4.98 Å². The number of benzene rings is 1. The molecule has 21 heavy (non-hydrogen) atoms. The Hall–Kier alpha value is -1.68. The second-order valence-electron chi connectivity index (χ2n) is 6.17. The molecule has 1 aromatic heterocycles. The van der Waals surface area contributed by atoms with Gasteiger partial charge in [0.2, 0.25) is 5.91 Å². The van der Waals surface area contributed by atoms with Crippen molar-refractivity contribution < 1.29 is 4.79 Å². The number of anilines is 1. The molecule has 2 aliphatic rings. The van der Waals surface area contributed by atoms with Gasteiger partial charge in [0.15, 0.2) is 5.13 Å². The van der Waals surface area contributed by atoms with E-state index in [1.54, 1.807) is 0 Å². The summed E-state index contributed by atoms with van der Waals surface area (Å²) < 4.78 is 0. The van der Waals surface area contributed by atoms with Crippen LogP contribution in [0, 0.1) is 17.8 Å². The van der Waals surface area contributed by atoms with Crippen molar-refractivity contribution in [3.63, 3.8) is 0 Å². The molecule has 0 unspecified atom stereocenters. The minimum atomic E-state index is 0.177. The van der Waals surface area contributed by atoms with E-state index in [1.165, 1.54) is 30.6 Å². The van der Waals surface area contributed by atoms with E-state index >= 15 is 0 Å². The molecule has 108 valence electrons. The van der Waals surface area contributed by atoms with Gasteiger partial charge in [0.25, 0.3) is 0 Å². The van der Waals surface area contributed by atoms with Crippen molar-refractivity contribution >= 4 is 22.4 Å². The first-order valence-corrected chi connectivity index (χ1v) is 8.49. The molecule has 0 saturated heterocycles. The van der Waals surface area contributed by atoms with E-state index < -0.39 is 0 Å². The Morgan fingerprint density at radius 1 is 1.19 bits per heavy atom. The largest absolute Gasteiger partial charge is 0.302 e. The summed E-state index contributed by atoms with van der Waals surface area (Å²) in [5.74, 6) is 1.80. The summed E-state index contributed by atoms with van der Waals surface area (Å²) in [7, 11) is 0. The molecule has 0 aliphatic heterocycles. The molecular formula is C17H18N2OS. The van der Waals surface area contributed by atoms with E-state index in [1.807, 2.05) is 35.7 Å². The smallest absolute Gasteiger partial charge is 0.229 e. The van der Waals surface area contributed by atoms with Gasteiger partial charge in [-0.1, -0.05) is 36.8 Å². The third kappa shape index (κ3) is 2.48. The second-order valence-corrected chi connectivity index (χ2v) is 7.03. The standard InChI is InChI=1S/C17H18N2OS/c20-16(14-9-11-6-7-13(14)8-11)19-17-18-15(10-21-17)12-4-2-1-3-5-12/h1-5,10-11,13-14H,6-9H2,(H,18,19,20)/t11-,13+,14+/m1/s1. The van der Waals surface area contributed by atoms with Gasteiger partial charge in [-0.25, -0.2) is 4.98 Å². The fourth-order valence-corrected chi connectivity index (χ4v) is 4.56. The van der Waals surface area contributed by atoms with Crippen LogP contribution in [0.4, 0.5) is 5.13 Å². The third-order valence-electron chi connectivity index (χ3n) is 4.88. The molecule has 0 spiro atoms.